The van der Waals surface area contributed by atoms with E-state index in [-0.39, 0.29) is 0 Å². The van der Waals surface area contributed by atoms with Crippen LogP contribution in [0.1, 0.15) is 93.4 Å². The molecule has 1 N–H and O–H groups in total. The van der Waals surface area contributed by atoms with Crippen molar-refractivity contribution in [3.8, 4) is 0 Å². The average molecular weight is 307 g/mol. The minimum Gasteiger partial charge on any atom is -0.513 e. The van der Waals surface area contributed by atoms with Crippen LogP contribution < -0.4 is 0 Å². The summed E-state index contributed by atoms with van der Waals surface area (Å²) in [6, 6.07) is 0. The zero-order valence-corrected chi connectivity index (χ0v) is 16.1. The number of hydrogen-bond acceptors (Lipinski definition) is 1. The van der Waals surface area contributed by atoms with E-state index >= 15 is 0 Å². The molecule has 128 valence electrons. The first-order valence-electron chi connectivity index (χ1n) is 9.17. The highest BCUT2D eigenvalue weighted by Gasteiger charge is 2.41. The molecule has 1 nitrogen and oxygen atoms in total. The molecule has 1 unspecified atom stereocenters. The molecule has 0 amide bonds. The summed E-state index contributed by atoms with van der Waals surface area (Å²) in [4.78, 5) is 0. The van der Waals surface area contributed by atoms with E-state index < -0.39 is 0 Å². The van der Waals surface area contributed by atoms with Gasteiger partial charge in [-0.2, -0.15) is 0 Å². The van der Waals surface area contributed by atoms with Gasteiger partial charge in [-0.3, -0.25) is 0 Å². The van der Waals surface area contributed by atoms with Crippen molar-refractivity contribution in [3.05, 3.63) is 34.6 Å². The summed E-state index contributed by atoms with van der Waals surface area (Å²) in [5.74, 6) is 0.325. The van der Waals surface area contributed by atoms with E-state index in [0.717, 1.165) is 12.8 Å². The maximum Gasteiger partial charge on any atom is 0.0854 e. The fourth-order valence-electron chi connectivity index (χ4n) is 3.98. The van der Waals surface area contributed by atoms with Crippen LogP contribution in [-0.4, -0.2) is 5.11 Å². The van der Waals surface area contributed by atoms with Crippen molar-refractivity contribution in [1.29, 1.82) is 0 Å². The van der Waals surface area contributed by atoms with E-state index in [9.17, 15) is 5.11 Å². The molecular formula is C21H38O. The van der Waals surface area contributed by atoms with Crippen molar-refractivity contribution in [2.45, 2.75) is 93.4 Å². The summed E-state index contributed by atoms with van der Waals surface area (Å²) < 4.78 is 0. The van der Waals surface area contributed by atoms with Gasteiger partial charge in [-0.05, 0) is 57.8 Å². The van der Waals surface area contributed by atoms with Crippen molar-refractivity contribution in [3.63, 3.8) is 0 Å². The van der Waals surface area contributed by atoms with Crippen LogP contribution in [0.5, 0.6) is 0 Å². The smallest absolute Gasteiger partial charge is 0.0854 e. The van der Waals surface area contributed by atoms with Crippen LogP contribution in [0.2, 0.25) is 0 Å². The number of aliphatic hydroxyl groups is 1. The van der Waals surface area contributed by atoms with E-state index in [0.29, 0.717) is 11.2 Å². The van der Waals surface area contributed by atoms with Crippen LogP contribution in [0, 0.1) is 5.41 Å². The van der Waals surface area contributed by atoms with Gasteiger partial charge < -0.3 is 5.11 Å². The molecule has 2 rings (SSSR count). The van der Waals surface area contributed by atoms with Crippen molar-refractivity contribution in [2.75, 3.05) is 0 Å². The van der Waals surface area contributed by atoms with Gasteiger partial charge in [0.2, 0.25) is 0 Å². The molecule has 2 aliphatic rings. The second-order valence-corrected chi connectivity index (χ2v) is 6.39. The molecule has 1 spiro atoms. The van der Waals surface area contributed by atoms with Gasteiger partial charge in [0.05, 0.1) is 5.76 Å². The SMILES string of the molecule is C=C(O)CCC1=C(C)CC2(CC(C)=C(CC)C2)C1.CC.CC. The van der Waals surface area contributed by atoms with Crippen molar-refractivity contribution < 1.29 is 5.11 Å². The topological polar surface area (TPSA) is 20.2 Å². The molecule has 22 heavy (non-hydrogen) atoms. The lowest BCUT2D eigenvalue weighted by Gasteiger charge is -2.24. The van der Waals surface area contributed by atoms with Gasteiger partial charge in [0.25, 0.3) is 0 Å². The van der Waals surface area contributed by atoms with Crippen molar-refractivity contribution >= 4 is 0 Å². The predicted octanol–water partition coefficient (Wildman–Crippen LogP) is 7.51. The molecule has 0 saturated carbocycles. The molecular weight excluding hydrogens is 268 g/mol. The Balaban J connectivity index is 0.00000102. The molecule has 0 heterocycles. The Morgan fingerprint density at radius 3 is 1.82 bits per heavy atom. The molecule has 0 aliphatic heterocycles. The second kappa shape index (κ2) is 9.92. The molecule has 1 heteroatoms. The molecule has 2 aliphatic carbocycles. The maximum absolute atomic E-state index is 9.25. The summed E-state index contributed by atoms with van der Waals surface area (Å²) in [5.41, 5.74) is 6.98. The highest BCUT2D eigenvalue weighted by Crippen LogP contribution is 2.55. The summed E-state index contributed by atoms with van der Waals surface area (Å²) in [5, 5.41) is 9.25. The standard InChI is InChI=1S/C17H26O.2C2H6/c1-5-15-10-17(8-12(15)2)9-13(3)16(11-17)7-6-14(4)18;2*1-2/h18H,4-11H2,1-3H3;2*1-2H3. The Labute approximate surface area is 139 Å². The minimum atomic E-state index is 0.325. The number of rotatable bonds is 4. The Morgan fingerprint density at radius 1 is 0.955 bits per heavy atom. The van der Waals surface area contributed by atoms with E-state index in [1.54, 1.807) is 22.3 Å². The molecule has 0 fully saturated rings. The van der Waals surface area contributed by atoms with Crippen LogP contribution in [0.4, 0.5) is 0 Å². The number of hydrogen-bond donors (Lipinski definition) is 1. The third-order valence-corrected chi connectivity index (χ3v) is 4.81. The monoisotopic (exact) mass is 306 g/mol. The zero-order valence-electron chi connectivity index (χ0n) is 16.1. The van der Waals surface area contributed by atoms with Crippen LogP contribution >= 0.6 is 0 Å². The molecule has 1 atom stereocenters. The fraction of sp³-hybridized carbons (Fsp3) is 0.714. The molecule has 0 bridgehead atoms. The zero-order chi connectivity index (χ0) is 17.3. The van der Waals surface area contributed by atoms with E-state index in [1.807, 2.05) is 27.7 Å². The average Bonchev–Trinajstić information content (AvgIpc) is 2.99. The van der Waals surface area contributed by atoms with Gasteiger partial charge in [-0.15, -0.1) is 0 Å². The lowest BCUT2D eigenvalue weighted by molar-refractivity contribution is 0.317. The Bertz CT molecular complexity index is 425. The number of allylic oxidation sites excluding steroid dienone is 5. The largest absolute Gasteiger partial charge is 0.513 e. The van der Waals surface area contributed by atoms with Gasteiger partial charge in [-0.1, -0.05) is 63.5 Å². The summed E-state index contributed by atoms with van der Waals surface area (Å²) in [6.45, 7) is 18.5. The predicted molar refractivity (Wildman–Crippen MR) is 100 cm³/mol. The van der Waals surface area contributed by atoms with Crippen molar-refractivity contribution in [1.82, 2.24) is 0 Å². The van der Waals surface area contributed by atoms with Gasteiger partial charge in [0.1, 0.15) is 0 Å². The van der Waals surface area contributed by atoms with Crippen LogP contribution in [0.25, 0.3) is 0 Å². The lowest BCUT2D eigenvalue weighted by Crippen LogP contribution is -2.13. The Hall–Kier alpha value is -0.980. The quantitative estimate of drug-likeness (QED) is 0.421. The highest BCUT2D eigenvalue weighted by atomic mass is 16.3. The lowest BCUT2D eigenvalue weighted by atomic mass is 9.79. The number of aliphatic hydroxyl groups excluding tert-OH is 1. The minimum absolute atomic E-state index is 0.325. The van der Waals surface area contributed by atoms with Crippen LogP contribution in [0.15, 0.2) is 34.6 Å². The molecule has 0 radical (unpaired) electrons. The van der Waals surface area contributed by atoms with Crippen molar-refractivity contribution in [2.24, 2.45) is 5.41 Å². The van der Waals surface area contributed by atoms with Gasteiger partial charge >= 0.3 is 0 Å². The fourth-order valence-corrected chi connectivity index (χ4v) is 3.98. The van der Waals surface area contributed by atoms with E-state index in [4.69, 9.17) is 0 Å². The highest BCUT2D eigenvalue weighted by molar-refractivity contribution is 5.32. The summed E-state index contributed by atoms with van der Waals surface area (Å²) >= 11 is 0. The second-order valence-electron chi connectivity index (χ2n) is 6.39. The van der Waals surface area contributed by atoms with E-state index in [1.165, 1.54) is 32.1 Å². The molecule has 0 saturated heterocycles. The van der Waals surface area contributed by atoms with Gasteiger partial charge in [-0.25, -0.2) is 0 Å². The Kier molecular flexibility index (Phi) is 9.48. The molecule has 0 aromatic heterocycles. The molecule has 0 aromatic carbocycles. The summed E-state index contributed by atoms with van der Waals surface area (Å²) in [6.07, 6.45) is 8.05. The van der Waals surface area contributed by atoms with Gasteiger partial charge in [0, 0.05) is 6.42 Å². The first kappa shape index (κ1) is 21.0. The first-order chi connectivity index (χ1) is 10.5. The van der Waals surface area contributed by atoms with E-state index in [2.05, 4.69) is 27.4 Å². The van der Waals surface area contributed by atoms with Crippen LogP contribution in [0.3, 0.4) is 0 Å². The van der Waals surface area contributed by atoms with Gasteiger partial charge in [0.15, 0.2) is 0 Å². The summed E-state index contributed by atoms with van der Waals surface area (Å²) in [7, 11) is 0. The normalized spacial score (nSPS) is 23.2. The molecule has 0 aromatic rings. The van der Waals surface area contributed by atoms with Crippen LogP contribution in [-0.2, 0) is 0 Å². The third kappa shape index (κ3) is 5.34. The maximum atomic E-state index is 9.25. The third-order valence-electron chi connectivity index (χ3n) is 4.81. The first-order valence-corrected chi connectivity index (χ1v) is 9.17. The Morgan fingerprint density at radius 2 is 1.41 bits per heavy atom.